The van der Waals surface area contributed by atoms with Gasteiger partial charge in [0.1, 0.15) is 16.2 Å². The van der Waals surface area contributed by atoms with E-state index in [0.717, 1.165) is 0 Å². The fourth-order valence-electron chi connectivity index (χ4n) is 1.02. The molecular weight excluding hydrogens is 194 g/mol. The number of carbonyl (C=O) groups is 1. The Hall–Kier alpha value is -1.55. The quantitative estimate of drug-likeness (QED) is 0.712. The molecule has 0 aliphatic rings. The van der Waals surface area contributed by atoms with E-state index in [1.54, 1.807) is 6.07 Å². The number of furan rings is 1. The molecule has 0 bridgehead atoms. The lowest BCUT2D eigenvalue weighted by atomic mass is 10.2. The van der Waals surface area contributed by atoms with Gasteiger partial charge >= 0.3 is 5.97 Å². The molecule has 2 aromatic rings. The van der Waals surface area contributed by atoms with Crippen molar-refractivity contribution in [2.75, 3.05) is 0 Å². The summed E-state index contributed by atoms with van der Waals surface area (Å²) >= 11 is 5.62. The number of hydrogen-bond donors (Lipinski definition) is 1. The molecule has 5 heteroatoms. The van der Waals surface area contributed by atoms with Crippen LogP contribution in [0.15, 0.2) is 22.8 Å². The maximum absolute atomic E-state index is 10.6. The summed E-state index contributed by atoms with van der Waals surface area (Å²) in [6, 6.07) is 2.97. The first-order valence-corrected chi connectivity index (χ1v) is 3.83. The van der Waals surface area contributed by atoms with Crippen LogP contribution in [0.3, 0.4) is 0 Å². The Morgan fingerprint density at radius 3 is 3.08 bits per heavy atom. The second kappa shape index (κ2) is 2.74. The van der Waals surface area contributed by atoms with Gasteiger partial charge in [0.2, 0.25) is 0 Å². The Morgan fingerprint density at radius 1 is 1.62 bits per heavy atom. The highest BCUT2D eigenvalue weighted by molar-refractivity contribution is 6.32. The number of nitrogens with zero attached hydrogens (tertiary/aromatic N) is 1. The average molecular weight is 198 g/mol. The number of carboxylic acid groups (broad SMARTS) is 1. The Kier molecular flexibility index (Phi) is 1.70. The van der Waals surface area contributed by atoms with E-state index >= 15 is 0 Å². The number of aromatic nitrogens is 1. The number of pyridine rings is 1. The third kappa shape index (κ3) is 1.25. The molecule has 1 N–H and O–H groups in total. The van der Waals surface area contributed by atoms with Crippen molar-refractivity contribution in [3.05, 3.63) is 29.1 Å². The van der Waals surface area contributed by atoms with Crippen molar-refractivity contribution in [3.63, 3.8) is 0 Å². The smallest absolute Gasteiger partial charge is 0.338 e. The lowest BCUT2D eigenvalue weighted by molar-refractivity contribution is 0.0696. The molecule has 0 radical (unpaired) electrons. The molecule has 4 nitrogen and oxygen atoms in total. The zero-order chi connectivity index (χ0) is 9.42. The van der Waals surface area contributed by atoms with Gasteiger partial charge in [-0.1, -0.05) is 11.6 Å². The molecule has 2 rings (SSSR count). The lowest BCUT2D eigenvalue weighted by Crippen LogP contribution is -1.98. The maximum atomic E-state index is 10.6. The van der Waals surface area contributed by atoms with Gasteiger partial charge in [0, 0.05) is 12.1 Å². The predicted molar refractivity (Wildman–Crippen MR) is 46.0 cm³/mol. The van der Waals surface area contributed by atoms with Crippen LogP contribution in [-0.4, -0.2) is 16.1 Å². The highest BCUT2D eigenvalue weighted by atomic mass is 35.5. The molecule has 0 atom stereocenters. The van der Waals surface area contributed by atoms with Gasteiger partial charge < -0.3 is 9.52 Å². The lowest BCUT2D eigenvalue weighted by Gasteiger charge is -1.96. The van der Waals surface area contributed by atoms with E-state index in [1.165, 1.54) is 12.3 Å². The second-order valence-corrected chi connectivity index (χ2v) is 2.79. The van der Waals surface area contributed by atoms with Crippen molar-refractivity contribution in [1.29, 1.82) is 0 Å². The summed E-state index contributed by atoms with van der Waals surface area (Å²) in [6.07, 6.45) is 1.43. The molecule has 0 aliphatic carbocycles. The molecule has 0 spiro atoms. The Balaban J connectivity index is 2.76. The van der Waals surface area contributed by atoms with Crippen molar-refractivity contribution in [2.24, 2.45) is 0 Å². The van der Waals surface area contributed by atoms with Crippen LogP contribution >= 0.6 is 11.6 Å². The van der Waals surface area contributed by atoms with Gasteiger partial charge in [-0.2, -0.15) is 0 Å². The fraction of sp³-hybridized carbons (Fsp3) is 0. The molecular formula is C8H4ClNO3. The summed E-state index contributed by atoms with van der Waals surface area (Å²) in [4.78, 5) is 14.5. The standard InChI is InChI=1S/C8H4ClNO3/c9-7-4(8(11)12)3-6-5(10-7)1-2-13-6/h1-3H,(H,11,12). The number of aromatic carboxylic acids is 1. The van der Waals surface area contributed by atoms with Gasteiger partial charge in [-0.05, 0) is 0 Å². The van der Waals surface area contributed by atoms with E-state index < -0.39 is 5.97 Å². The van der Waals surface area contributed by atoms with E-state index in [2.05, 4.69) is 4.98 Å². The van der Waals surface area contributed by atoms with Gasteiger partial charge in [-0.15, -0.1) is 0 Å². The Labute approximate surface area is 77.8 Å². The van der Waals surface area contributed by atoms with Crippen molar-refractivity contribution in [2.45, 2.75) is 0 Å². The second-order valence-electron chi connectivity index (χ2n) is 2.44. The molecule has 2 heterocycles. The summed E-state index contributed by atoms with van der Waals surface area (Å²) in [5.74, 6) is -1.11. The predicted octanol–water partition coefficient (Wildman–Crippen LogP) is 2.18. The third-order valence-corrected chi connectivity index (χ3v) is 1.91. The van der Waals surface area contributed by atoms with E-state index in [9.17, 15) is 4.79 Å². The van der Waals surface area contributed by atoms with Crippen LogP contribution in [0.1, 0.15) is 10.4 Å². The van der Waals surface area contributed by atoms with Crippen molar-refractivity contribution in [3.8, 4) is 0 Å². The monoisotopic (exact) mass is 197 g/mol. The minimum atomic E-state index is -1.11. The normalized spacial score (nSPS) is 10.5. The van der Waals surface area contributed by atoms with Gasteiger partial charge in [-0.25, -0.2) is 9.78 Å². The Morgan fingerprint density at radius 2 is 2.38 bits per heavy atom. The van der Waals surface area contributed by atoms with Gasteiger partial charge in [-0.3, -0.25) is 0 Å². The highest BCUT2D eigenvalue weighted by Crippen LogP contribution is 2.20. The van der Waals surface area contributed by atoms with Gasteiger partial charge in [0.15, 0.2) is 5.58 Å². The summed E-state index contributed by atoms with van der Waals surface area (Å²) in [7, 11) is 0. The maximum Gasteiger partial charge on any atom is 0.338 e. The minimum Gasteiger partial charge on any atom is -0.478 e. The number of hydrogen-bond acceptors (Lipinski definition) is 3. The van der Waals surface area contributed by atoms with Crippen LogP contribution < -0.4 is 0 Å². The average Bonchev–Trinajstić information content (AvgIpc) is 2.48. The number of rotatable bonds is 1. The van der Waals surface area contributed by atoms with Crippen LogP contribution in [0.4, 0.5) is 0 Å². The van der Waals surface area contributed by atoms with Crippen LogP contribution in [0.25, 0.3) is 11.1 Å². The summed E-state index contributed by atoms with van der Waals surface area (Å²) < 4.78 is 4.98. The molecule has 2 aromatic heterocycles. The van der Waals surface area contributed by atoms with Crippen molar-refractivity contribution < 1.29 is 14.3 Å². The van der Waals surface area contributed by atoms with Crippen LogP contribution in [0.2, 0.25) is 5.15 Å². The Bertz CT molecular complexity index is 477. The first kappa shape index (κ1) is 8.07. The summed E-state index contributed by atoms with van der Waals surface area (Å²) in [5, 5.41) is 8.67. The van der Waals surface area contributed by atoms with Crippen LogP contribution in [0, 0.1) is 0 Å². The van der Waals surface area contributed by atoms with Crippen molar-refractivity contribution >= 4 is 28.7 Å². The molecule has 0 aliphatic heterocycles. The summed E-state index contributed by atoms with van der Waals surface area (Å²) in [5.41, 5.74) is 0.918. The largest absolute Gasteiger partial charge is 0.478 e. The number of fused-ring (bicyclic) bond motifs is 1. The molecule has 0 saturated heterocycles. The summed E-state index contributed by atoms with van der Waals surface area (Å²) in [6.45, 7) is 0. The molecule has 0 fully saturated rings. The topological polar surface area (TPSA) is 63.3 Å². The molecule has 0 aromatic carbocycles. The molecule has 13 heavy (non-hydrogen) atoms. The zero-order valence-electron chi connectivity index (χ0n) is 6.32. The van der Waals surface area contributed by atoms with Gasteiger partial charge in [0.05, 0.1) is 6.26 Å². The molecule has 0 saturated carbocycles. The number of carboxylic acids is 1. The molecule has 66 valence electrons. The minimum absolute atomic E-state index is 0.0265. The van der Waals surface area contributed by atoms with E-state index in [4.69, 9.17) is 21.1 Å². The van der Waals surface area contributed by atoms with E-state index in [1.807, 2.05) is 0 Å². The van der Waals surface area contributed by atoms with Crippen LogP contribution in [-0.2, 0) is 0 Å². The van der Waals surface area contributed by atoms with Crippen LogP contribution in [0.5, 0.6) is 0 Å². The first-order valence-electron chi connectivity index (χ1n) is 3.45. The first-order chi connectivity index (χ1) is 6.18. The van der Waals surface area contributed by atoms with E-state index in [0.29, 0.717) is 11.1 Å². The third-order valence-electron chi connectivity index (χ3n) is 1.62. The molecule has 0 amide bonds. The zero-order valence-corrected chi connectivity index (χ0v) is 7.08. The fourth-order valence-corrected chi connectivity index (χ4v) is 1.25. The SMILES string of the molecule is O=C(O)c1cc2occc2nc1Cl. The van der Waals surface area contributed by atoms with E-state index in [-0.39, 0.29) is 10.7 Å². The van der Waals surface area contributed by atoms with Gasteiger partial charge in [0.25, 0.3) is 0 Å². The number of halogens is 1. The highest BCUT2D eigenvalue weighted by Gasteiger charge is 2.12. The molecule has 0 unspecified atom stereocenters. The van der Waals surface area contributed by atoms with Crippen molar-refractivity contribution in [1.82, 2.24) is 4.98 Å².